The van der Waals surface area contributed by atoms with Gasteiger partial charge >= 0.3 is 0 Å². The molecule has 1 heterocycles. The summed E-state index contributed by atoms with van der Waals surface area (Å²) in [4.78, 5) is 39.1. The molecule has 0 bridgehead atoms. The second-order valence-electron chi connectivity index (χ2n) is 6.42. The van der Waals surface area contributed by atoms with Gasteiger partial charge < -0.3 is 15.1 Å². The first-order chi connectivity index (χ1) is 13.0. The van der Waals surface area contributed by atoms with Crippen molar-refractivity contribution in [3.8, 4) is 0 Å². The molecule has 1 N–H and O–H groups in total. The summed E-state index contributed by atoms with van der Waals surface area (Å²) in [5, 5.41) is 3.38. The van der Waals surface area contributed by atoms with E-state index in [0.717, 1.165) is 12.0 Å². The summed E-state index contributed by atoms with van der Waals surface area (Å²) in [5.74, 6) is -0.364. The summed E-state index contributed by atoms with van der Waals surface area (Å²) >= 11 is 5.98. The molecule has 1 aliphatic heterocycles. The van der Waals surface area contributed by atoms with E-state index in [1.165, 1.54) is 0 Å². The molecule has 3 amide bonds. The van der Waals surface area contributed by atoms with Crippen molar-refractivity contribution in [2.45, 2.75) is 6.92 Å². The van der Waals surface area contributed by atoms with Gasteiger partial charge in [0.25, 0.3) is 11.8 Å². The van der Waals surface area contributed by atoms with E-state index in [0.29, 0.717) is 48.0 Å². The fraction of sp³-hybridized carbons (Fsp3) is 0.250. The van der Waals surface area contributed by atoms with E-state index in [9.17, 15) is 14.4 Å². The van der Waals surface area contributed by atoms with Crippen LogP contribution >= 0.6 is 11.6 Å². The van der Waals surface area contributed by atoms with Crippen LogP contribution in [-0.2, 0) is 4.79 Å². The first kappa shape index (κ1) is 18.9. The normalized spacial score (nSPS) is 14.0. The smallest absolute Gasteiger partial charge is 0.255 e. The Labute approximate surface area is 162 Å². The minimum atomic E-state index is -0.265. The highest BCUT2D eigenvalue weighted by molar-refractivity contribution is 6.31. The van der Waals surface area contributed by atoms with Gasteiger partial charge in [-0.3, -0.25) is 14.4 Å². The predicted molar refractivity (Wildman–Crippen MR) is 104 cm³/mol. The van der Waals surface area contributed by atoms with Crippen LogP contribution < -0.4 is 5.32 Å². The third-order valence-electron chi connectivity index (χ3n) is 4.59. The summed E-state index contributed by atoms with van der Waals surface area (Å²) in [5.41, 5.74) is 2.54. The number of nitrogens with zero attached hydrogens (tertiary/aromatic N) is 2. The average molecular weight is 386 g/mol. The Morgan fingerprint density at radius 2 is 1.63 bits per heavy atom. The maximum absolute atomic E-state index is 12.6. The van der Waals surface area contributed by atoms with Gasteiger partial charge in [0, 0.05) is 48.0 Å². The van der Waals surface area contributed by atoms with Crippen LogP contribution in [0, 0.1) is 6.92 Å². The molecule has 1 saturated heterocycles. The highest BCUT2D eigenvalue weighted by Crippen LogP contribution is 2.21. The standard InChI is InChI=1S/C20H20ClN3O3/c1-14-2-7-17(21)12-18(14)22-19(26)15-3-5-16(6-4-15)20(27)24-10-8-23(13-25)9-11-24/h2-7,12-13H,8-11H2,1H3,(H,22,26). The van der Waals surface area contributed by atoms with Crippen LogP contribution in [0.2, 0.25) is 5.02 Å². The lowest BCUT2D eigenvalue weighted by Gasteiger charge is -2.32. The molecule has 3 rings (SSSR count). The quantitative estimate of drug-likeness (QED) is 0.823. The van der Waals surface area contributed by atoms with Crippen LogP contribution in [0.3, 0.4) is 0 Å². The van der Waals surface area contributed by atoms with Gasteiger partial charge in [-0.15, -0.1) is 0 Å². The number of anilines is 1. The molecular weight excluding hydrogens is 366 g/mol. The number of piperazine rings is 1. The maximum atomic E-state index is 12.6. The van der Waals surface area contributed by atoms with Crippen LogP contribution in [0.1, 0.15) is 26.3 Å². The highest BCUT2D eigenvalue weighted by Gasteiger charge is 2.21. The molecule has 6 nitrogen and oxygen atoms in total. The zero-order valence-electron chi connectivity index (χ0n) is 14.9. The van der Waals surface area contributed by atoms with Crippen LogP contribution in [0.25, 0.3) is 0 Å². The molecule has 2 aromatic rings. The first-order valence-electron chi connectivity index (χ1n) is 8.64. The molecule has 27 heavy (non-hydrogen) atoms. The van der Waals surface area contributed by atoms with Gasteiger partial charge in [-0.05, 0) is 48.9 Å². The number of benzene rings is 2. The van der Waals surface area contributed by atoms with E-state index in [1.807, 2.05) is 13.0 Å². The summed E-state index contributed by atoms with van der Waals surface area (Å²) in [7, 11) is 0. The van der Waals surface area contributed by atoms with Gasteiger partial charge in [-0.1, -0.05) is 17.7 Å². The largest absolute Gasteiger partial charge is 0.342 e. The number of aryl methyl sites for hydroxylation is 1. The average Bonchev–Trinajstić information content (AvgIpc) is 2.70. The number of carbonyl (C=O) groups excluding carboxylic acids is 3. The summed E-state index contributed by atoms with van der Waals surface area (Å²) in [6.45, 7) is 3.98. The Kier molecular flexibility index (Phi) is 5.76. The first-order valence-corrected chi connectivity index (χ1v) is 9.02. The second-order valence-corrected chi connectivity index (χ2v) is 6.86. The van der Waals surface area contributed by atoms with Crippen LogP contribution in [0.5, 0.6) is 0 Å². The van der Waals surface area contributed by atoms with Gasteiger partial charge in [0.1, 0.15) is 0 Å². The molecule has 0 aromatic heterocycles. The van der Waals surface area contributed by atoms with Crippen molar-refractivity contribution < 1.29 is 14.4 Å². The van der Waals surface area contributed by atoms with E-state index in [4.69, 9.17) is 11.6 Å². The van der Waals surface area contributed by atoms with Gasteiger partial charge in [0.2, 0.25) is 6.41 Å². The number of rotatable bonds is 4. The fourth-order valence-electron chi connectivity index (χ4n) is 2.90. The molecule has 1 aliphatic rings. The van der Waals surface area contributed by atoms with E-state index in [-0.39, 0.29) is 11.8 Å². The molecule has 140 valence electrons. The Bertz CT molecular complexity index is 859. The van der Waals surface area contributed by atoms with Crippen molar-refractivity contribution in [1.82, 2.24) is 9.80 Å². The van der Waals surface area contributed by atoms with Gasteiger partial charge in [-0.2, -0.15) is 0 Å². The van der Waals surface area contributed by atoms with Gasteiger partial charge in [0.15, 0.2) is 0 Å². The molecule has 0 radical (unpaired) electrons. The number of halogens is 1. The molecule has 0 aliphatic carbocycles. The topological polar surface area (TPSA) is 69.7 Å². The van der Waals surface area contributed by atoms with Gasteiger partial charge in [-0.25, -0.2) is 0 Å². The Hall–Kier alpha value is -2.86. The van der Waals surface area contributed by atoms with Crippen molar-refractivity contribution in [3.05, 3.63) is 64.2 Å². The van der Waals surface area contributed by atoms with Crippen molar-refractivity contribution >= 4 is 35.5 Å². The molecule has 0 unspecified atom stereocenters. The number of hydrogen-bond acceptors (Lipinski definition) is 3. The molecule has 0 atom stereocenters. The molecule has 0 saturated carbocycles. The van der Waals surface area contributed by atoms with Crippen LogP contribution in [0.4, 0.5) is 5.69 Å². The summed E-state index contributed by atoms with van der Waals surface area (Å²) in [6.07, 6.45) is 0.802. The summed E-state index contributed by atoms with van der Waals surface area (Å²) in [6, 6.07) is 11.9. The predicted octanol–water partition coefficient (Wildman–Crippen LogP) is 2.81. The second kappa shape index (κ2) is 8.22. The Morgan fingerprint density at radius 1 is 1.00 bits per heavy atom. The SMILES string of the molecule is Cc1ccc(Cl)cc1NC(=O)c1ccc(C(=O)N2CCN(C=O)CC2)cc1. The Balaban J connectivity index is 1.66. The zero-order chi connectivity index (χ0) is 19.4. The van der Waals surface area contributed by atoms with Crippen LogP contribution in [0.15, 0.2) is 42.5 Å². The molecule has 7 heteroatoms. The number of carbonyl (C=O) groups is 3. The highest BCUT2D eigenvalue weighted by atomic mass is 35.5. The van der Waals surface area contributed by atoms with Crippen LogP contribution in [-0.4, -0.2) is 54.2 Å². The molecule has 2 aromatic carbocycles. The zero-order valence-corrected chi connectivity index (χ0v) is 15.7. The number of amides is 3. The lowest BCUT2D eigenvalue weighted by atomic mass is 10.1. The lowest BCUT2D eigenvalue weighted by molar-refractivity contribution is -0.119. The number of nitrogens with one attached hydrogen (secondary N) is 1. The van der Waals surface area contributed by atoms with E-state index >= 15 is 0 Å². The third kappa shape index (κ3) is 4.46. The van der Waals surface area contributed by atoms with Gasteiger partial charge in [0.05, 0.1) is 0 Å². The van der Waals surface area contributed by atoms with E-state index < -0.39 is 0 Å². The molecule has 1 fully saturated rings. The third-order valence-corrected chi connectivity index (χ3v) is 4.83. The Morgan fingerprint density at radius 3 is 2.26 bits per heavy atom. The minimum Gasteiger partial charge on any atom is -0.342 e. The minimum absolute atomic E-state index is 0.0989. The molecule has 0 spiro atoms. The van der Waals surface area contributed by atoms with Crippen molar-refractivity contribution in [2.24, 2.45) is 0 Å². The van der Waals surface area contributed by atoms with Crippen molar-refractivity contribution in [3.63, 3.8) is 0 Å². The maximum Gasteiger partial charge on any atom is 0.255 e. The monoisotopic (exact) mass is 385 g/mol. The lowest BCUT2D eigenvalue weighted by Crippen LogP contribution is -2.48. The van der Waals surface area contributed by atoms with Crippen molar-refractivity contribution in [2.75, 3.05) is 31.5 Å². The summed E-state index contributed by atoms with van der Waals surface area (Å²) < 4.78 is 0. The van der Waals surface area contributed by atoms with Crippen molar-refractivity contribution in [1.29, 1.82) is 0 Å². The number of hydrogen-bond donors (Lipinski definition) is 1. The van der Waals surface area contributed by atoms with E-state index in [2.05, 4.69) is 5.32 Å². The molecular formula is C20H20ClN3O3. The van der Waals surface area contributed by atoms with E-state index in [1.54, 1.807) is 46.2 Å². The fourth-order valence-corrected chi connectivity index (χ4v) is 3.07.